The lowest BCUT2D eigenvalue weighted by molar-refractivity contribution is -0.218. The third kappa shape index (κ3) is 4.68. The van der Waals surface area contributed by atoms with Gasteiger partial charge in [-0.25, -0.2) is 9.59 Å². The van der Waals surface area contributed by atoms with Crippen LogP contribution in [0.4, 0.5) is 4.79 Å². The summed E-state index contributed by atoms with van der Waals surface area (Å²) >= 11 is 0. The standard InChI is InChI=1S/C41H57N3O4/c1-25(2)28-14-19-41(43-36(48)44-23-22-42-33(45)24-44)21-20-39(6)30(34(28)41)12-13-32-38(5)17-15-29(26-8-10-27(11-9-26)35(46)47)37(3,4)31(38)16-18-40(32,39)7/h8-11,15,28,30-32,34H,1,12-14,16-24H2,2-7H3,(H,42,45)(H,43,48)(H,46,47)/t28-,30+,31-,32+,34+,38-,39+,40+,41-/m0/s1. The zero-order chi connectivity index (χ0) is 34.4. The maximum atomic E-state index is 13.8. The third-order valence-electron chi connectivity index (χ3n) is 15.8. The maximum absolute atomic E-state index is 13.8. The molecule has 260 valence electrons. The number of carbonyl (C=O) groups is 3. The second-order valence-electron chi connectivity index (χ2n) is 18.0. The van der Waals surface area contributed by atoms with Crippen molar-refractivity contribution in [3.8, 4) is 0 Å². The number of nitrogens with zero attached hydrogens (tertiary/aromatic N) is 1. The Kier molecular flexibility index (Phi) is 7.81. The fourth-order valence-electron chi connectivity index (χ4n) is 13.4. The van der Waals surface area contributed by atoms with Crippen LogP contribution in [0.2, 0.25) is 0 Å². The highest BCUT2D eigenvalue weighted by atomic mass is 16.4. The van der Waals surface area contributed by atoms with Gasteiger partial charge in [-0.3, -0.25) is 4.79 Å². The molecule has 3 amide bonds. The number of nitrogens with one attached hydrogen (secondary N) is 2. The number of aromatic carboxylic acids is 1. The van der Waals surface area contributed by atoms with E-state index in [1.54, 1.807) is 17.0 Å². The van der Waals surface area contributed by atoms with Gasteiger partial charge in [0, 0.05) is 18.6 Å². The number of hydrogen-bond donors (Lipinski definition) is 3. The lowest BCUT2D eigenvalue weighted by atomic mass is 9.33. The Hall–Kier alpha value is -3.09. The van der Waals surface area contributed by atoms with Crippen LogP contribution < -0.4 is 10.6 Å². The SMILES string of the molecule is C=C(C)[C@@H]1CC[C@]2(NC(=O)N3CCNC(=O)C3)CC[C@]3(C)[C@H](CC[C@@H]4[C@@]5(C)CC=C(c6ccc(C(=O)O)cc6)C(C)(C)[C@@H]5CC[C@]43C)[C@@H]12. The number of fused-ring (bicyclic) bond motifs is 7. The molecule has 7 heteroatoms. The molecule has 1 aromatic carbocycles. The summed E-state index contributed by atoms with van der Waals surface area (Å²) in [4.78, 5) is 39.2. The van der Waals surface area contributed by atoms with E-state index >= 15 is 0 Å². The molecule has 0 unspecified atom stereocenters. The molecule has 7 nitrogen and oxygen atoms in total. The van der Waals surface area contributed by atoms with E-state index in [2.05, 4.69) is 64.8 Å². The van der Waals surface area contributed by atoms with Gasteiger partial charge in [0.25, 0.3) is 0 Å². The molecule has 7 rings (SSSR count). The molecule has 3 N–H and O–H groups in total. The summed E-state index contributed by atoms with van der Waals surface area (Å²) in [5.41, 5.74) is 4.36. The van der Waals surface area contributed by atoms with Crippen molar-refractivity contribution in [2.75, 3.05) is 19.6 Å². The van der Waals surface area contributed by atoms with E-state index in [4.69, 9.17) is 0 Å². The van der Waals surface area contributed by atoms with Gasteiger partial charge in [0.2, 0.25) is 5.91 Å². The van der Waals surface area contributed by atoms with E-state index in [-0.39, 0.29) is 45.7 Å². The number of piperazine rings is 1. The van der Waals surface area contributed by atoms with Gasteiger partial charge in [-0.2, -0.15) is 0 Å². The van der Waals surface area contributed by atoms with Gasteiger partial charge in [-0.1, -0.05) is 65.0 Å². The summed E-state index contributed by atoms with van der Waals surface area (Å²) in [6.07, 6.45) is 12.5. The summed E-state index contributed by atoms with van der Waals surface area (Å²) in [5, 5.41) is 16.0. The monoisotopic (exact) mass is 655 g/mol. The molecule has 1 heterocycles. The Balaban J connectivity index is 1.20. The number of carbonyl (C=O) groups excluding carboxylic acids is 2. The van der Waals surface area contributed by atoms with Crippen LogP contribution in [-0.4, -0.2) is 53.1 Å². The van der Waals surface area contributed by atoms with Gasteiger partial charge in [-0.15, -0.1) is 0 Å². The highest BCUT2D eigenvalue weighted by Gasteiger charge is 2.70. The maximum Gasteiger partial charge on any atom is 0.335 e. The second-order valence-corrected chi connectivity index (χ2v) is 18.0. The Bertz CT molecular complexity index is 1560. The average molecular weight is 656 g/mol. The normalized spacial score (nSPS) is 41.5. The third-order valence-corrected chi connectivity index (χ3v) is 15.8. The lowest BCUT2D eigenvalue weighted by Gasteiger charge is -2.72. The number of hydrogen-bond acceptors (Lipinski definition) is 3. The van der Waals surface area contributed by atoms with Crippen LogP contribution in [0.25, 0.3) is 5.57 Å². The predicted octanol–water partition coefficient (Wildman–Crippen LogP) is 7.93. The smallest absolute Gasteiger partial charge is 0.335 e. The summed E-state index contributed by atoms with van der Waals surface area (Å²) in [6, 6.07) is 7.44. The topological polar surface area (TPSA) is 98.7 Å². The molecule has 0 aromatic heterocycles. The minimum Gasteiger partial charge on any atom is -0.478 e. The fourth-order valence-corrected chi connectivity index (χ4v) is 13.4. The van der Waals surface area contributed by atoms with Crippen LogP contribution in [0.15, 0.2) is 42.5 Å². The first-order valence-corrected chi connectivity index (χ1v) is 18.6. The van der Waals surface area contributed by atoms with Gasteiger partial charge in [-0.05, 0) is 139 Å². The van der Waals surface area contributed by atoms with Crippen LogP contribution in [-0.2, 0) is 4.79 Å². The van der Waals surface area contributed by atoms with E-state index in [0.29, 0.717) is 48.2 Å². The molecule has 5 aliphatic carbocycles. The molecule has 0 radical (unpaired) electrons. The zero-order valence-corrected chi connectivity index (χ0v) is 30.1. The highest BCUT2D eigenvalue weighted by Crippen LogP contribution is 2.76. The van der Waals surface area contributed by atoms with E-state index in [9.17, 15) is 19.5 Å². The van der Waals surface area contributed by atoms with Gasteiger partial charge in [0.05, 0.1) is 5.56 Å². The first kappa shape index (κ1) is 33.4. The largest absolute Gasteiger partial charge is 0.478 e. The van der Waals surface area contributed by atoms with Gasteiger partial charge in [0.1, 0.15) is 6.54 Å². The van der Waals surface area contributed by atoms with Crippen LogP contribution in [0.1, 0.15) is 115 Å². The van der Waals surface area contributed by atoms with Gasteiger partial charge in [0.15, 0.2) is 0 Å². The molecule has 4 saturated carbocycles. The van der Waals surface area contributed by atoms with Crippen LogP contribution in [0, 0.1) is 51.2 Å². The van der Waals surface area contributed by atoms with E-state index in [1.807, 2.05) is 12.1 Å². The van der Waals surface area contributed by atoms with Crippen molar-refractivity contribution in [1.29, 1.82) is 0 Å². The molecule has 5 fully saturated rings. The van der Waals surface area contributed by atoms with Crippen molar-refractivity contribution in [3.05, 3.63) is 53.6 Å². The molecule has 1 aliphatic heterocycles. The number of carboxylic acid groups (broad SMARTS) is 1. The number of amides is 3. The van der Waals surface area contributed by atoms with Crippen LogP contribution >= 0.6 is 0 Å². The van der Waals surface area contributed by atoms with Gasteiger partial charge < -0.3 is 20.6 Å². The number of allylic oxidation sites excluding steroid dienone is 3. The van der Waals surface area contributed by atoms with Crippen molar-refractivity contribution >= 4 is 23.5 Å². The molecular weight excluding hydrogens is 598 g/mol. The Morgan fingerprint density at radius 1 is 0.938 bits per heavy atom. The number of carboxylic acids is 1. The van der Waals surface area contributed by atoms with Crippen molar-refractivity contribution in [2.24, 2.45) is 51.2 Å². The summed E-state index contributed by atoms with van der Waals surface area (Å²) in [7, 11) is 0. The fraction of sp³-hybridized carbons (Fsp3) is 0.683. The molecule has 6 aliphatic rings. The molecule has 0 bridgehead atoms. The van der Waals surface area contributed by atoms with Crippen LogP contribution in [0.5, 0.6) is 0 Å². The van der Waals surface area contributed by atoms with Crippen LogP contribution in [0.3, 0.4) is 0 Å². The summed E-state index contributed by atoms with van der Waals surface area (Å²) in [5.74, 6) is 1.47. The Morgan fingerprint density at radius 2 is 1.67 bits per heavy atom. The molecule has 0 spiro atoms. The molecule has 48 heavy (non-hydrogen) atoms. The van der Waals surface area contributed by atoms with E-state index < -0.39 is 5.97 Å². The predicted molar refractivity (Wildman–Crippen MR) is 189 cm³/mol. The lowest BCUT2D eigenvalue weighted by Crippen LogP contribution is -2.69. The van der Waals surface area contributed by atoms with Crippen molar-refractivity contribution in [1.82, 2.24) is 15.5 Å². The van der Waals surface area contributed by atoms with E-state index in [0.717, 1.165) is 37.7 Å². The first-order chi connectivity index (χ1) is 22.6. The molecular formula is C41H57N3O4. The molecule has 1 saturated heterocycles. The van der Waals surface area contributed by atoms with E-state index in [1.165, 1.54) is 36.8 Å². The Labute approximate surface area is 287 Å². The second kappa shape index (κ2) is 11.2. The zero-order valence-electron chi connectivity index (χ0n) is 30.1. The van der Waals surface area contributed by atoms with Crippen molar-refractivity contribution in [3.63, 3.8) is 0 Å². The Morgan fingerprint density at radius 3 is 2.33 bits per heavy atom. The minimum absolute atomic E-state index is 0.0231. The summed E-state index contributed by atoms with van der Waals surface area (Å²) in [6.45, 7) is 20.7. The quantitative estimate of drug-likeness (QED) is 0.287. The van der Waals surface area contributed by atoms with Crippen molar-refractivity contribution in [2.45, 2.75) is 105 Å². The average Bonchev–Trinajstić information content (AvgIpc) is 3.41. The molecule has 9 atom stereocenters. The number of benzene rings is 1. The highest BCUT2D eigenvalue weighted by molar-refractivity contribution is 5.88. The minimum atomic E-state index is -0.882. The van der Waals surface area contributed by atoms with Gasteiger partial charge >= 0.3 is 12.0 Å². The van der Waals surface area contributed by atoms with Crippen molar-refractivity contribution < 1.29 is 19.5 Å². The number of rotatable bonds is 4. The molecule has 1 aromatic rings. The summed E-state index contributed by atoms with van der Waals surface area (Å²) < 4.78 is 0. The number of urea groups is 1. The first-order valence-electron chi connectivity index (χ1n) is 18.6.